The van der Waals surface area contributed by atoms with Gasteiger partial charge in [-0.05, 0) is 12.1 Å². The number of benzene rings is 2. The number of nitrogens with one attached hydrogen (secondary N) is 2. The molecule has 0 aromatic heterocycles. The molecule has 2 aromatic rings. The van der Waals surface area contributed by atoms with Crippen molar-refractivity contribution in [3.63, 3.8) is 0 Å². The van der Waals surface area contributed by atoms with Gasteiger partial charge in [0.2, 0.25) is 5.91 Å². The first-order chi connectivity index (χ1) is 17.1. The maximum absolute atomic E-state index is 12.4. The quantitative estimate of drug-likeness (QED) is 0.285. The zero-order valence-corrected chi connectivity index (χ0v) is 18.7. The van der Waals surface area contributed by atoms with Crippen molar-refractivity contribution in [1.82, 2.24) is 10.4 Å². The van der Waals surface area contributed by atoms with E-state index < -0.39 is 57.4 Å². The molecule has 15 heteroatoms. The van der Waals surface area contributed by atoms with Crippen LogP contribution in [0.3, 0.4) is 0 Å². The average molecular weight is 501 g/mol. The molecule has 3 rings (SSSR count). The van der Waals surface area contributed by atoms with Gasteiger partial charge in [0.05, 0.1) is 29.4 Å². The topological polar surface area (TPSA) is 200 Å². The second kappa shape index (κ2) is 10.9. The Labute approximate surface area is 202 Å². The zero-order valence-electron chi connectivity index (χ0n) is 18.7. The maximum Gasteiger partial charge on any atom is 0.311 e. The van der Waals surface area contributed by atoms with Crippen LogP contribution in [0.5, 0.6) is 5.75 Å². The molecule has 0 bridgehead atoms. The third kappa shape index (κ3) is 5.88. The number of hydrazine groups is 1. The molecule has 0 radical (unpaired) electrons. The zero-order chi connectivity index (χ0) is 26.4. The Morgan fingerprint density at radius 2 is 1.78 bits per heavy atom. The predicted octanol–water partition coefficient (Wildman–Crippen LogP) is 1.19. The molecule has 1 fully saturated rings. The van der Waals surface area contributed by atoms with Crippen LogP contribution in [-0.4, -0.2) is 58.8 Å². The van der Waals surface area contributed by atoms with Crippen LogP contribution in [0.15, 0.2) is 42.5 Å². The third-order valence-corrected chi connectivity index (χ3v) is 5.06. The van der Waals surface area contributed by atoms with Gasteiger partial charge in [-0.15, -0.1) is 0 Å². The number of nitro benzene ring substituents is 2. The molecule has 2 aromatic carbocycles. The number of nitrogens with zero attached hydrogens (tertiary/aromatic N) is 3. The van der Waals surface area contributed by atoms with Crippen LogP contribution in [0.25, 0.3) is 0 Å². The molecular weight excluding hydrogens is 482 g/mol. The summed E-state index contributed by atoms with van der Waals surface area (Å²) in [5.74, 6) is -4.11. The number of ether oxygens (including phenoxy) is 2. The van der Waals surface area contributed by atoms with E-state index in [9.17, 15) is 39.4 Å². The molecule has 0 unspecified atom stereocenters. The first kappa shape index (κ1) is 25.5. The maximum atomic E-state index is 12.4. The molecule has 0 aliphatic carbocycles. The number of rotatable bonds is 9. The number of carbonyl (C=O) groups is 4. The Kier molecular flexibility index (Phi) is 7.73. The fourth-order valence-corrected chi connectivity index (χ4v) is 3.32. The summed E-state index contributed by atoms with van der Waals surface area (Å²) in [4.78, 5) is 70.0. The lowest BCUT2D eigenvalue weighted by Crippen LogP contribution is -2.43. The number of carbonyl (C=O) groups excluding carboxylic acids is 4. The van der Waals surface area contributed by atoms with E-state index in [0.717, 1.165) is 17.1 Å². The minimum atomic E-state index is -1.03. The minimum Gasteiger partial charge on any atom is -0.497 e. The molecule has 15 nitrogen and oxygen atoms in total. The third-order valence-electron chi connectivity index (χ3n) is 5.06. The summed E-state index contributed by atoms with van der Waals surface area (Å²) in [6.45, 7) is -1.08. The van der Waals surface area contributed by atoms with E-state index in [-0.39, 0.29) is 30.0 Å². The summed E-state index contributed by atoms with van der Waals surface area (Å²) < 4.78 is 9.89. The number of amides is 3. The summed E-state index contributed by atoms with van der Waals surface area (Å²) in [5, 5.41) is 25.4. The van der Waals surface area contributed by atoms with Crippen molar-refractivity contribution in [3.05, 3.63) is 68.3 Å². The van der Waals surface area contributed by atoms with Crippen LogP contribution in [0.1, 0.15) is 16.8 Å². The Morgan fingerprint density at radius 1 is 1.08 bits per heavy atom. The Balaban J connectivity index is 1.56. The first-order valence-corrected chi connectivity index (χ1v) is 10.2. The van der Waals surface area contributed by atoms with Crippen molar-refractivity contribution >= 4 is 40.8 Å². The van der Waals surface area contributed by atoms with Gasteiger partial charge < -0.3 is 14.8 Å². The lowest BCUT2D eigenvalue weighted by Gasteiger charge is -2.17. The molecule has 1 aliphatic rings. The van der Waals surface area contributed by atoms with Crippen molar-refractivity contribution in [2.75, 3.05) is 25.6 Å². The van der Waals surface area contributed by atoms with E-state index in [1.165, 1.54) is 37.4 Å². The monoisotopic (exact) mass is 501 g/mol. The van der Waals surface area contributed by atoms with Crippen LogP contribution in [-0.2, 0) is 19.1 Å². The number of methoxy groups -OCH3 is 1. The largest absolute Gasteiger partial charge is 0.497 e. The highest BCUT2D eigenvalue weighted by molar-refractivity contribution is 6.00. The van der Waals surface area contributed by atoms with E-state index in [2.05, 4.69) is 10.7 Å². The predicted molar refractivity (Wildman–Crippen MR) is 120 cm³/mol. The lowest BCUT2D eigenvalue weighted by molar-refractivity contribution is -0.385. The van der Waals surface area contributed by atoms with E-state index in [1.807, 2.05) is 0 Å². The van der Waals surface area contributed by atoms with Gasteiger partial charge >= 0.3 is 5.97 Å². The SMILES string of the molecule is COc1ccc([N+](=O)[O-])c(NC(=O)COC(=O)[C@@H]2CC(=O)N(NC(=O)c3ccccc3[N+](=O)[O-])C2)c1. The number of hydrogen-bond acceptors (Lipinski definition) is 10. The number of hydrogen-bond donors (Lipinski definition) is 2. The van der Waals surface area contributed by atoms with Gasteiger partial charge in [0.15, 0.2) is 6.61 Å². The second-order valence-corrected chi connectivity index (χ2v) is 7.42. The summed E-state index contributed by atoms with van der Waals surface area (Å²) in [7, 11) is 1.34. The van der Waals surface area contributed by atoms with Gasteiger partial charge in [-0.3, -0.25) is 49.8 Å². The molecule has 36 heavy (non-hydrogen) atoms. The summed E-state index contributed by atoms with van der Waals surface area (Å²) in [6, 6.07) is 8.84. The summed E-state index contributed by atoms with van der Waals surface area (Å²) in [5.41, 5.74) is 0.929. The number of para-hydroxylation sites is 1. The molecule has 0 spiro atoms. The molecule has 1 atom stereocenters. The lowest BCUT2D eigenvalue weighted by atomic mass is 10.1. The highest BCUT2D eigenvalue weighted by Crippen LogP contribution is 2.29. The fraction of sp³-hybridized carbons (Fsp3) is 0.238. The Morgan fingerprint density at radius 3 is 2.44 bits per heavy atom. The van der Waals surface area contributed by atoms with Crippen molar-refractivity contribution in [3.8, 4) is 5.75 Å². The van der Waals surface area contributed by atoms with Gasteiger partial charge in [-0.25, -0.2) is 0 Å². The first-order valence-electron chi connectivity index (χ1n) is 10.2. The molecule has 1 saturated heterocycles. The summed E-state index contributed by atoms with van der Waals surface area (Å²) >= 11 is 0. The Bertz CT molecular complexity index is 1250. The van der Waals surface area contributed by atoms with Crippen molar-refractivity contribution in [2.45, 2.75) is 6.42 Å². The number of nitro groups is 2. The average Bonchev–Trinajstić information content (AvgIpc) is 3.22. The van der Waals surface area contributed by atoms with Crippen LogP contribution in [0.2, 0.25) is 0 Å². The van der Waals surface area contributed by atoms with Gasteiger partial charge in [0.1, 0.15) is 17.0 Å². The highest BCUT2D eigenvalue weighted by atomic mass is 16.6. The van der Waals surface area contributed by atoms with Gasteiger partial charge in [-0.2, -0.15) is 0 Å². The van der Waals surface area contributed by atoms with E-state index in [0.29, 0.717) is 0 Å². The number of esters is 1. The van der Waals surface area contributed by atoms with Crippen molar-refractivity contribution in [2.24, 2.45) is 5.92 Å². The van der Waals surface area contributed by atoms with Crippen LogP contribution < -0.4 is 15.5 Å². The van der Waals surface area contributed by atoms with E-state index in [4.69, 9.17) is 9.47 Å². The normalized spacial score (nSPS) is 14.6. The molecule has 188 valence electrons. The molecule has 3 amide bonds. The van der Waals surface area contributed by atoms with Gasteiger partial charge in [0.25, 0.3) is 23.2 Å². The van der Waals surface area contributed by atoms with E-state index >= 15 is 0 Å². The summed E-state index contributed by atoms with van der Waals surface area (Å²) in [6.07, 6.45) is -0.334. The van der Waals surface area contributed by atoms with E-state index in [1.54, 1.807) is 0 Å². The Hall–Kier alpha value is -5.08. The van der Waals surface area contributed by atoms with Crippen LogP contribution in [0, 0.1) is 26.1 Å². The van der Waals surface area contributed by atoms with Crippen molar-refractivity contribution < 1.29 is 38.5 Å². The van der Waals surface area contributed by atoms with Crippen LogP contribution in [0.4, 0.5) is 17.1 Å². The van der Waals surface area contributed by atoms with Crippen LogP contribution >= 0.6 is 0 Å². The fourth-order valence-electron chi connectivity index (χ4n) is 3.32. The standard InChI is InChI=1S/C21H19N5O10/c1-35-13-6-7-17(26(33)34)15(9-13)22-18(27)11-36-21(30)12-8-19(28)24(10-12)23-20(29)14-4-2-3-5-16(14)25(31)32/h2-7,9,12H,8,10-11H2,1H3,(H,22,27)(H,23,29)/t12-/m1/s1. The molecule has 2 N–H and O–H groups in total. The van der Waals surface area contributed by atoms with Gasteiger partial charge in [0, 0.05) is 24.6 Å². The molecule has 1 aliphatic heterocycles. The second-order valence-electron chi connectivity index (χ2n) is 7.42. The number of anilines is 1. The molecule has 1 heterocycles. The smallest absolute Gasteiger partial charge is 0.311 e. The molecule has 0 saturated carbocycles. The molecular formula is C21H19N5O10. The van der Waals surface area contributed by atoms with Gasteiger partial charge in [-0.1, -0.05) is 12.1 Å². The highest BCUT2D eigenvalue weighted by Gasteiger charge is 2.37. The van der Waals surface area contributed by atoms with Crippen molar-refractivity contribution in [1.29, 1.82) is 0 Å². The minimum absolute atomic E-state index is 0.166.